The van der Waals surface area contributed by atoms with E-state index in [0.29, 0.717) is 28.6 Å². The number of carbonyl (C=O) groups excluding carboxylic acids is 2. The maximum Gasteiger partial charge on any atom is 0.324 e. The molecule has 0 saturated heterocycles. The summed E-state index contributed by atoms with van der Waals surface area (Å²) in [5, 5.41) is 0. The molecular formula is C23H24O8. The maximum atomic E-state index is 13.0. The van der Waals surface area contributed by atoms with Gasteiger partial charge in [0.1, 0.15) is 29.1 Å². The second-order valence-electron chi connectivity index (χ2n) is 7.41. The van der Waals surface area contributed by atoms with E-state index < -0.39 is 35.3 Å². The van der Waals surface area contributed by atoms with Crippen LogP contribution in [0.15, 0.2) is 36.4 Å². The first-order chi connectivity index (χ1) is 15.0. The molecule has 1 aliphatic heterocycles. The molecule has 0 amide bonds. The second-order valence-corrected chi connectivity index (χ2v) is 7.41. The summed E-state index contributed by atoms with van der Waals surface area (Å²) < 4.78 is 32.7. The SMILES string of the molecule is COC(=O)C1(C(=O)OC)[C@@H]2[C@H]1c1c(OC)cc(OC)cc1O[C@H]2c1ccc(OC)cc1. The van der Waals surface area contributed by atoms with Crippen molar-refractivity contribution in [2.24, 2.45) is 11.3 Å². The van der Waals surface area contributed by atoms with Gasteiger partial charge in [-0.3, -0.25) is 9.59 Å². The van der Waals surface area contributed by atoms with Crippen molar-refractivity contribution in [1.29, 1.82) is 0 Å². The number of hydrogen-bond donors (Lipinski definition) is 0. The monoisotopic (exact) mass is 428 g/mol. The first kappa shape index (κ1) is 20.8. The van der Waals surface area contributed by atoms with Crippen molar-refractivity contribution in [2.45, 2.75) is 12.0 Å². The zero-order chi connectivity index (χ0) is 22.3. The molecule has 1 fully saturated rings. The Kier molecular flexibility index (Phi) is 5.16. The largest absolute Gasteiger partial charge is 0.497 e. The van der Waals surface area contributed by atoms with Crippen molar-refractivity contribution >= 4 is 11.9 Å². The minimum atomic E-state index is -1.54. The highest BCUT2D eigenvalue weighted by Gasteiger charge is 2.81. The summed E-state index contributed by atoms with van der Waals surface area (Å²) >= 11 is 0. The lowest BCUT2D eigenvalue weighted by atomic mass is 9.96. The molecule has 2 aromatic carbocycles. The van der Waals surface area contributed by atoms with Gasteiger partial charge in [-0.15, -0.1) is 0 Å². The molecule has 0 N–H and O–H groups in total. The Hall–Kier alpha value is -3.42. The van der Waals surface area contributed by atoms with E-state index in [2.05, 4.69) is 0 Å². The molecule has 0 unspecified atom stereocenters. The Balaban J connectivity index is 1.92. The number of carbonyl (C=O) groups is 2. The summed E-state index contributed by atoms with van der Waals surface area (Å²) in [6, 6.07) is 10.7. The second kappa shape index (κ2) is 7.68. The Morgan fingerprint density at radius 2 is 1.45 bits per heavy atom. The van der Waals surface area contributed by atoms with Crippen LogP contribution in [0.2, 0.25) is 0 Å². The molecule has 0 aromatic heterocycles. The normalized spacial score (nSPS) is 22.2. The molecule has 2 aromatic rings. The topological polar surface area (TPSA) is 89.5 Å². The smallest absolute Gasteiger partial charge is 0.324 e. The fraction of sp³-hybridized carbons (Fsp3) is 0.391. The van der Waals surface area contributed by atoms with Crippen LogP contribution in [-0.2, 0) is 19.1 Å². The van der Waals surface area contributed by atoms with Crippen molar-refractivity contribution in [3.8, 4) is 23.0 Å². The minimum absolute atomic E-state index is 0.465. The predicted molar refractivity (Wildman–Crippen MR) is 109 cm³/mol. The number of rotatable bonds is 6. The molecule has 1 heterocycles. The Labute approximate surface area is 179 Å². The van der Waals surface area contributed by atoms with Gasteiger partial charge >= 0.3 is 11.9 Å². The number of hydrogen-bond acceptors (Lipinski definition) is 8. The highest BCUT2D eigenvalue weighted by molar-refractivity contribution is 6.06. The number of fused-ring (bicyclic) bond motifs is 3. The van der Waals surface area contributed by atoms with Crippen LogP contribution >= 0.6 is 0 Å². The van der Waals surface area contributed by atoms with Gasteiger partial charge in [0.15, 0.2) is 5.41 Å². The molecule has 2 aliphatic rings. The number of methoxy groups -OCH3 is 5. The summed E-state index contributed by atoms with van der Waals surface area (Å²) in [6.07, 6.45) is -0.599. The minimum Gasteiger partial charge on any atom is -0.497 e. The lowest BCUT2D eigenvalue weighted by Gasteiger charge is -2.27. The van der Waals surface area contributed by atoms with Crippen LogP contribution < -0.4 is 18.9 Å². The summed E-state index contributed by atoms with van der Waals surface area (Å²) in [4.78, 5) is 26.0. The molecule has 8 nitrogen and oxygen atoms in total. The van der Waals surface area contributed by atoms with Gasteiger partial charge in [0.05, 0.1) is 35.5 Å². The fourth-order valence-electron chi connectivity index (χ4n) is 4.73. The standard InChI is InChI=1S/C23H24O8/c1-26-13-8-6-12(7-9-13)20-19-18(23(19,21(24)29-4)22(25)30-5)17-15(28-3)10-14(27-2)11-16(17)31-20/h6-11,18-20H,1-5H3/t18-,19-,20+/m1/s1. The molecule has 164 valence electrons. The van der Waals surface area contributed by atoms with Crippen LogP contribution in [-0.4, -0.2) is 47.5 Å². The van der Waals surface area contributed by atoms with Crippen molar-refractivity contribution < 1.29 is 38.0 Å². The highest BCUT2D eigenvalue weighted by atomic mass is 16.6. The van der Waals surface area contributed by atoms with Crippen LogP contribution in [0.3, 0.4) is 0 Å². The summed E-state index contributed by atoms with van der Waals surface area (Å²) in [7, 11) is 7.15. The van der Waals surface area contributed by atoms with Crippen LogP contribution in [0.4, 0.5) is 0 Å². The van der Waals surface area contributed by atoms with Crippen LogP contribution in [0.5, 0.6) is 23.0 Å². The van der Waals surface area contributed by atoms with Gasteiger partial charge in [-0.05, 0) is 17.7 Å². The van der Waals surface area contributed by atoms with Crippen LogP contribution in [0, 0.1) is 11.3 Å². The number of ether oxygens (including phenoxy) is 6. The van der Waals surface area contributed by atoms with Crippen molar-refractivity contribution in [3.05, 3.63) is 47.5 Å². The van der Waals surface area contributed by atoms with E-state index in [1.807, 2.05) is 12.1 Å². The maximum absolute atomic E-state index is 13.0. The lowest BCUT2D eigenvalue weighted by Crippen LogP contribution is -2.32. The molecule has 31 heavy (non-hydrogen) atoms. The number of benzene rings is 2. The van der Waals surface area contributed by atoms with E-state index in [1.165, 1.54) is 28.4 Å². The van der Waals surface area contributed by atoms with Gasteiger partial charge in [-0.2, -0.15) is 0 Å². The van der Waals surface area contributed by atoms with Crippen LogP contribution in [0.25, 0.3) is 0 Å². The van der Waals surface area contributed by atoms with Gasteiger partial charge in [0.25, 0.3) is 0 Å². The Bertz CT molecular complexity index is 997. The molecule has 3 atom stereocenters. The third kappa shape index (κ3) is 2.89. The molecule has 0 radical (unpaired) electrons. The van der Waals surface area contributed by atoms with Gasteiger partial charge in [0, 0.05) is 29.5 Å². The molecule has 1 aliphatic carbocycles. The quantitative estimate of drug-likeness (QED) is 0.513. The average molecular weight is 428 g/mol. The zero-order valence-corrected chi connectivity index (χ0v) is 18.0. The van der Waals surface area contributed by atoms with Crippen molar-refractivity contribution in [1.82, 2.24) is 0 Å². The molecule has 0 spiro atoms. The molecule has 1 saturated carbocycles. The highest BCUT2D eigenvalue weighted by Crippen LogP contribution is 2.75. The molecule has 4 rings (SSSR count). The molecular weight excluding hydrogens is 404 g/mol. The third-order valence-corrected chi connectivity index (χ3v) is 6.18. The van der Waals surface area contributed by atoms with Gasteiger partial charge in [-0.25, -0.2) is 0 Å². The van der Waals surface area contributed by atoms with Crippen LogP contribution in [0.1, 0.15) is 23.1 Å². The molecule has 8 heteroatoms. The van der Waals surface area contributed by atoms with E-state index in [1.54, 1.807) is 31.4 Å². The first-order valence-corrected chi connectivity index (χ1v) is 9.71. The van der Waals surface area contributed by atoms with E-state index in [4.69, 9.17) is 28.4 Å². The zero-order valence-electron chi connectivity index (χ0n) is 18.0. The average Bonchev–Trinajstić information content (AvgIpc) is 3.52. The number of esters is 2. The molecule has 0 bridgehead atoms. The summed E-state index contributed by atoms with van der Waals surface area (Å²) in [6.45, 7) is 0. The summed E-state index contributed by atoms with van der Waals surface area (Å²) in [5.74, 6) is -0.239. The van der Waals surface area contributed by atoms with Gasteiger partial charge < -0.3 is 28.4 Å². The Morgan fingerprint density at radius 1 is 0.839 bits per heavy atom. The van der Waals surface area contributed by atoms with Crippen molar-refractivity contribution in [2.75, 3.05) is 35.5 Å². The summed E-state index contributed by atoms with van der Waals surface area (Å²) in [5.41, 5.74) is -0.131. The van der Waals surface area contributed by atoms with Crippen molar-refractivity contribution in [3.63, 3.8) is 0 Å². The van der Waals surface area contributed by atoms with Gasteiger partial charge in [-0.1, -0.05) is 12.1 Å². The predicted octanol–water partition coefficient (Wildman–Crippen LogP) is 2.89. The fourth-order valence-corrected chi connectivity index (χ4v) is 4.73. The van der Waals surface area contributed by atoms with E-state index in [0.717, 1.165) is 5.56 Å². The Morgan fingerprint density at radius 3 is 1.97 bits per heavy atom. The lowest BCUT2D eigenvalue weighted by molar-refractivity contribution is -0.163. The third-order valence-electron chi connectivity index (χ3n) is 6.18. The van der Waals surface area contributed by atoms with E-state index >= 15 is 0 Å². The first-order valence-electron chi connectivity index (χ1n) is 9.71. The van der Waals surface area contributed by atoms with E-state index in [9.17, 15) is 9.59 Å². The van der Waals surface area contributed by atoms with E-state index in [-0.39, 0.29) is 0 Å². The van der Waals surface area contributed by atoms with Gasteiger partial charge in [0.2, 0.25) is 0 Å².